The molecule has 1 aliphatic carbocycles. The maximum absolute atomic E-state index is 10.9. The third-order valence-electron chi connectivity index (χ3n) is 2.86. The molecular formula is C8H13NO. The van der Waals surface area contributed by atoms with Gasteiger partial charge in [-0.25, -0.2) is 0 Å². The van der Waals surface area contributed by atoms with Crippen molar-refractivity contribution in [2.45, 2.75) is 32.1 Å². The minimum atomic E-state index is 0.266. The van der Waals surface area contributed by atoms with E-state index in [1.807, 2.05) is 0 Å². The van der Waals surface area contributed by atoms with E-state index >= 15 is 0 Å². The van der Waals surface area contributed by atoms with Crippen molar-refractivity contribution in [3.63, 3.8) is 0 Å². The molecule has 0 aromatic carbocycles. The fourth-order valence-corrected chi connectivity index (χ4v) is 2.23. The van der Waals surface area contributed by atoms with E-state index in [4.69, 9.17) is 0 Å². The van der Waals surface area contributed by atoms with E-state index in [1.165, 1.54) is 25.7 Å². The highest BCUT2D eigenvalue weighted by Crippen LogP contribution is 2.42. The molecule has 2 rings (SSSR count). The van der Waals surface area contributed by atoms with Gasteiger partial charge in [-0.15, -0.1) is 0 Å². The highest BCUT2D eigenvalue weighted by atomic mass is 16.1. The van der Waals surface area contributed by atoms with Crippen LogP contribution in [0.1, 0.15) is 32.1 Å². The third-order valence-corrected chi connectivity index (χ3v) is 2.86. The Morgan fingerprint density at radius 1 is 1.30 bits per heavy atom. The second-order valence-corrected chi connectivity index (χ2v) is 3.66. The van der Waals surface area contributed by atoms with E-state index in [-0.39, 0.29) is 5.91 Å². The summed E-state index contributed by atoms with van der Waals surface area (Å²) in [5.41, 5.74) is 0.400. The van der Waals surface area contributed by atoms with Gasteiger partial charge >= 0.3 is 0 Å². The van der Waals surface area contributed by atoms with Crippen molar-refractivity contribution in [3.8, 4) is 0 Å². The van der Waals surface area contributed by atoms with Crippen molar-refractivity contribution >= 4 is 5.91 Å². The average Bonchev–Trinajstić information content (AvgIpc) is 2.46. The van der Waals surface area contributed by atoms with Gasteiger partial charge in [0.25, 0.3) is 0 Å². The molecule has 56 valence electrons. The van der Waals surface area contributed by atoms with Crippen LogP contribution in [0.15, 0.2) is 0 Å². The Balaban J connectivity index is 2.09. The molecule has 2 heteroatoms. The molecule has 2 aliphatic rings. The molecule has 2 fully saturated rings. The Morgan fingerprint density at radius 3 is 2.50 bits per heavy atom. The lowest BCUT2D eigenvalue weighted by Gasteiger charge is -2.18. The van der Waals surface area contributed by atoms with E-state index in [0.29, 0.717) is 5.41 Å². The van der Waals surface area contributed by atoms with Crippen LogP contribution < -0.4 is 5.32 Å². The van der Waals surface area contributed by atoms with E-state index in [9.17, 15) is 4.79 Å². The Labute approximate surface area is 61.0 Å². The number of hydrogen-bond donors (Lipinski definition) is 1. The molecule has 0 aromatic rings. The molecule has 1 amide bonds. The van der Waals surface area contributed by atoms with Gasteiger partial charge in [-0.2, -0.15) is 0 Å². The van der Waals surface area contributed by atoms with Crippen molar-refractivity contribution in [3.05, 3.63) is 0 Å². The number of carbonyl (C=O) groups is 1. The molecule has 1 spiro atoms. The Morgan fingerprint density at radius 2 is 2.00 bits per heavy atom. The lowest BCUT2D eigenvalue weighted by molar-refractivity contribution is -0.119. The topological polar surface area (TPSA) is 29.1 Å². The number of nitrogens with one attached hydrogen (secondary N) is 1. The second-order valence-electron chi connectivity index (χ2n) is 3.66. The Bertz CT molecular complexity index is 159. The SMILES string of the molecule is O=C1CC2(CCCC2)CN1. The monoisotopic (exact) mass is 139 g/mol. The number of amides is 1. The van der Waals surface area contributed by atoms with Gasteiger partial charge in [0.1, 0.15) is 0 Å². The summed E-state index contributed by atoms with van der Waals surface area (Å²) in [6, 6.07) is 0. The highest BCUT2D eigenvalue weighted by molar-refractivity contribution is 5.79. The maximum Gasteiger partial charge on any atom is 0.220 e. The molecule has 10 heavy (non-hydrogen) atoms. The zero-order valence-corrected chi connectivity index (χ0v) is 6.15. The Kier molecular flexibility index (Phi) is 1.22. The molecule has 0 radical (unpaired) electrons. The van der Waals surface area contributed by atoms with Crippen LogP contribution in [0.25, 0.3) is 0 Å². The summed E-state index contributed by atoms with van der Waals surface area (Å²) in [6.45, 7) is 0.950. The fraction of sp³-hybridized carbons (Fsp3) is 0.875. The minimum Gasteiger partial charge on any atom is -0.356 e. The smallest absolute Gasteiger partial charge is 0.220 e. The molecule has 0 aromatic heterocycles. The average molecular weight is 139 g/mol. The van der Waals surface area contributed by atoms with E-state index in [0.717, 1.165) is 13.0 Å². The van der Waals surface area contributed by atoms with Crippen LogP contribution >= 0.6 is 0 Å². The summed E-state index contributed by atoms with van der Waals surface area (Å²) < 4.78 is 0. The summed E-state index contributed by atoms with van der Waals surface area (Å²) in [7, 11) is 0. The minimum absolute atomic E-state index is 0.266. The summed E-state index contributed by atoms with van der Waals surface area (Å²) >= 11 is 0. The molecule has 1 N–H and O–H groups in total. The first kappa shape index (κ1) is 6.20. The van der Waals surface area contributed by atoms with Crippen molar-refractivity contribution < 1.29 is 4.79 Å². The van der Waals surface area contributed by atoms with Gasteiger partial charge in [0.05, 0.1) is 0 Å². The van der Waals surface area contributed by atoms with Crippen molar-refractivity contribution in [1.82, 2.24) is 5.32 Å². The molecule has 0 bridgehead atoms. The van der Waals surface area contributed by atoms with Crippen LogP contribution in [0.4, 0.5) is 0 Å². The fourth-order valence-electron chi connectivity index (χ4n) is 2.23. The first-order valence-corrected chi connectivity index (χ1v) is 4.08. The molecule has 0 unspecified atom stereocenters. The zero-order valence-electron chi connectivity index (χ0n) is 6.15. The lowest BCUT2D eigenvalue weighted by Crippen LogP contribution is -2.19. The number of rotatable bonds is 0. The van der Waals surface area contributed by atoms with E-state index in [2.05, 4.69) is 5.32 Å². The predicted molar refractivity (Wildman–Crippen MR) is 38.5 cm³/mol. The van der Waals surface area contributed by atoms with Gasteiger partial charge in [-0.05, 0) is 18.3 Å². The quantitative estimate of drug-likeness (QED) is 0.534. The predicted octanol–water partition coefficient (Wildman–Crippen LogP) is 1.07. The van der Waals surface area contributed by atoms with Crippen LogP contribution in [0.3, 0.4) is 0 Å². The summed E-state index contributed by atoms with van der Waals surface area (Å²) in [6.07, 6.45) is 5.99. The summed E-state index contributed by atoms with van der Waals surface area (Å²) in [5.74, 6) is 0.266. The first-order valence-electron chi connectivity index (χ1n) is 4.08. The van der Waals surface area contributed by atoms with Crippen LogP contribution in [0, 0.1) is 5.41 Å². The highest BCUT2D eigenvalue weighted by Gasteiger charge is 2.40. The first-order chi connectivity index (χ1) is 4.81. The Hall–Kier alpha value is -0.530. The van der Waals surface area contributed by atoms with Crippen LogP contribution in [-0.4, -0.2) is 12.5 Å². The molecule has 1 heterocycles. The van der Waals surface area contributed by atoms with E-state index in [1.54, 1.807) is 0 Å². The van der Waals surface area contributed by atoms with Crippen LogP contribution in [0.2, 0.25) is 0 Å². The van der Waals surface area contributed by atoms with Gasteiger partial charge < -0.3 is 5.32 Å². The number of carbonyl (C=O) groups excluding carboxylic acids is 1. The van der Waals surface area contributed by atoms with E-state index < -0.39 is 0 Å². The lowest BCUT2D eigenvalue weighted by atomic mass is 9.86. The van der Waals surface area contributed by atoms with Gasteiger partial charge in [-0.1, -0.05) is 12.8 Å². The van der Waals surface area contributed by atoms with Gasteiger partial charge in [-0.3, -0.25) is 4.79 Å². The van der Waals surface area contributed by atoms with Crippen LogP contribution in [-0.2, 0) is 4.79 Å². The summed E-state index contributed by atoms with van der Waals surface area (Å²) in [4.78, 5) is 10.9. The molecule has 1 saturated heterocycles. The second kappa shape index (κ2) is 1.97. The van der Waals surface area contributed by atoms with Gasteiger partial charge in [0.15, 0.2) is 0 Å². The molecule has 0 atom stereocenters. The normalized spacial score (nSPS) is 29.4. The third kappa shape index (κ3) is 0.825. The van der Waals surface area contributed by atoms with Crippen molar-refractivity contribution in [2.24, 2.45) is 5.41 Å². The van der Waals surface area contributed by atoms with Crippen molar-refractivity contribution in [1.29, 1.82) is 0 Å². The van der Waals surface area contributed by atoms with Gasteiger partial charge in [0.2, 0.25) is 5.91 Å². The molecule has 2 nitrogen and oxygen atoms in total. The maximum atomic E-state index is 10.9. The van der Waals surface area contributed by atoms with Crippen LogP contribution in [0.5, 0.6) is 0 Å². The molecule has 1 saturated carbocycles. The number of hydrogen-bond acceptors (Lipinski definition) is 1. The molecule has 1 aliphatic heterocycles. The summed E-state index contributed by atoms with van der Waals surface area (Å²) in [5, 5.41) is 2.91. The molecular weight excluding hydrogens is 126 g/mol. The van der Waals surface area contributed by atoms with Gasteiger partial charge in [0, 0.05) is 13.0 Å². The zero-order chi connectivity index (χ0) is 7.03. The van der Waals surface area contributed by atoms with Crippen molar-refractivity contribution in [2.75, 3.05) is 6.54 Å². The largest absolute Gasteiger partial charge is 0.356 e. The standard InChI is InChI=1S/C8H13NO/c10-7-5-8(6-9-7)3-1-2-4-8/h1-6H2,(H,9,10).